The molecule has 3 heterocycles. The highest BCUT2D eigenvalue weighted by Gasteiger charge is 2.31. The number of nitrogens with zero attached hydrogens (tertiary/aromatic N) is 3. The summed E-state index contributed by atoms with van der Waals surface area (Å²) in [6, 6.07) is 6.08. The maximum atomic E-state index is 12.8. The predicted molar refractivity (Wildman–Crippen MR) is 96.3 cm³/mol. The lowest BCUT2D eigenvalue weighted by Gasteiger charge is -2.28. The number of imidazole rings is 1. The van der Waals surface area contributed by atoms with E-state index in [0.717, 1.165) is 36.4 Å². The number of hydrogen-bond acceptors (Lipinski definition) is 4. The lowest BCUT2D eigenvalue weighted by molar-refractivity contribution is 0.170. The minimum Gasteiger partial charge on any atom is -0.486 e. The van der Waals surface area contributed by atoms with Gasteiger partial charge in [-0.15, -0.1) is 0 Å². The van der Waals surface area contributed by atoms with Gasteiger partial charge in [-0.2, -0.15) is 0 Å². The zero-order valence-electron chi connectivity index (χ0n) is 14.9. The van der Waals surface area contributed by atoms with Gasteiger partial charge < -0.3 is 24.3 Å². The Hall–Kier alpha value is -2.70. The van der Waals surface area contributed by atoms with Crippen LogP contribution in [0.1, 0.15) is 31.4 Å². The first-order valence-electron chi connectivity index (χ1n) is 9.13. The summed E-state index contributed by atoms with van der Waals surface area (Å²) < 4.78 is 13.2. The van der Waals surface area contributed by atoms with Crippen LogP contribution in [0.5, 0.6) is 11.5 Å². The number of amides is 2. The maximum absolute atomic E-state index is 12.8. The number of carbonyl (C=O) groups excluding carboxylic acids is 1. The Morgan fingerprint density at radius 3 is 3.00 bits per heavy atom. The van der Waals surface area contributed by atoms with E-state index >= 15 is 0 Å². The van der Waals surface area contributed by atoms with Crippen molar-refractivity contribution in [2.75, 3.05) is 19.8 Å². The summed E-state index contributed by atoms with van der Waals surface area (Å²) in [6.45, 7) is 4.63. The van der Waals surface area contributed by atoms with E-state index in [1.54, 1.807) is 12.5 Å². The zero-order chi connectivity index (χ0) is 17.9. The number of fused-ring (bicyclic) bond motifs is 1. The van der Waals surface area contributed by atoms with Gasteiger partial charge in [-0.25, -0.2) is 9.78 Å². The van der Waals surface area contributed by atoms with Crippen LogP contribution in [0.25, 0.3) is 0 Å². The fourth-order valence-corrected chi connectivity index (χ4v) is 3.67. The predicted octanol–water partition coefficient (Wildman–Crippen LogP) is 2.59. The van der Waals surface area contributed by atoms with Crippen molar-refractivity contribution < 1.29 is 14.3 Å². The third-order valence-electron chi connectivity index (χ3n) is 4.88. The topological polar surface area (TPSA) is 68.6 Å². The van der Waals surface area contributed by atoms with Crippen molar-refractivity contribution in [1.82, 2.24) is 19.8 Å². The summed E-state index contributed by atoms with van der Waals surface area (Å²) in [5.41, 5.74) is 1.10. The Balaban J connectivity index is 1.43. The summed E-state index contributed by atoms with van der Waals surface area (Å²) in [5, 5.41) is 3.10. The highest BCUT2D eigenvalue weighted by atomic mass is 16.6. The first-order chi connectivity index (χ1) is 12.7. The van der Waals surface area contributed by atoms with Gasteiger partial charge in [0.1, 0.15) is 13.2 Å². The molecular weight excluding hydrogens is 332 g/mol. The SMILES string of the molecule is C[C@@H](Cn1ccnc1)NC(=O)N1CCC[C@H]1c1ccc2c(c1)OCCO2. The number of aromatic nitrogens is 2. The monoisotopic (exact) mass is 356 g/mol. The van der Waals surface area contributed by atoms with E-state index in [1.165, 1.54) is 0 Å². The van der Waals surface area contributed by atoms with Crippen molar-refractivity contribution in [2.45, 2.75) is 38.4 Å². The van der Waals surface area contributed by atoms with Crippen molar-refractivity contribution >= 4 is 6.03 Å². The minimum absolute atomic E-state index is 0.0185. The molecule has 138 valence electrons. The van der Waals surface area contributed by atoms with Crippen LogP contribution in [0, 0.1) is 0 Å². The van der Waals surface area contributed by atoms with Crippen molar-refractivity contribution in [3.8, 4) is 11.5 Å². The number of rotatable bonds is 4. The second kappa shape index (κ2) is 7.27. The lowest BCUT2D eigenvalue weighted by atomic mass is 10.0. The summed E-state index contributed by atoms with van der Waals surface area (Å²) in [5.74, 6) is 1.55. The summed E-state index contributed by atoms with van der Waals surface area (Å²) in [6.07, 6.45) is 7.37. The van der Waals surface area contributed by atoms with E-state index in [-0.39, 0.29) is 18.1 Å². The molecule has 1 fully saturated rings. The van der Waals surface area contributed by atoms with Gasteiger partial charge in [0, 0.05) is 31.5 Å². The summed E-state index contributed by atoms with van der Waals surface area (Å²) >= 11 is 0. The van der Waals surface area contributed by atoms with E-state index in [1.807, 2.05) is 40.8 Å². The maximum Gasteiger partial charge on any atom is 0.318 e. The molecule has 2 aromatic rings. The molecule has 1 N–H and O–H groups in total. The normalized spacial score (nSPS) is 20.0. The molecule has 0 aliphatic carbocycles. The van der Waals surface area contributed by atoms with E-state index in [9.17, 15) is 4.79 Å². The fraction of sp³-hybridized carbons (Fsp3) is 0.474. The van der Waals surface area contributed by atoms with Crippen LogP contribution in [-0.2, 0) is 6.54 Å². The largest absolute Gasteiger partial charge is 0.486 e. The number of hydrogen-bond donors (Lipinski definition) is 1. The number of ether oxygens (including phenoxy) is 2. The van der Waals surface area contributed by atoms with Gasteiger partial charge in [-0.05, 0) is 37.5 Å². The molecule has 1 aromatic carbocycles. The standard InChI is InChI=1S/C19H24N4O3/c1-14(12-22-8-6-20-13-22)21-19(24)23-7-2-3-16(23)15-4-5-17-18(11-15)26-10-9-25-17/h4-6,8,11,13-14,16H,2-3,7,9-10,12H2,1H3,(H,21,24)/t14-,16-/m0/s1. The molecule has 26 heavy (non-hydrogen) atoms. The Labute approximate surface area is 152 Å². The molecule has 2 amide bonds. The summed E-state index contributed by atoms with van der Waals surface area (Å²) in [7, 11) is 0. The van der Waals surface area contributed by atoms with E-state index in [0.29, 0.717) is 19.8 Å². The summed E-state index contributed by atoms with van der Waals surface area (Å²) in [4.78, 5) is 18.8. The van der Waals surface area contributed by atoms with Crippen LogP contribution >= 0.6 is 0 Å². The molecule has 0 saturated carbocycles. The number of urea groups is 1. The van der Waals surface area contributed by atoms with Gasteiger partial charge >= 0.3 is 6.03 Å². The first-order valence-corrected chi connectivity index (χ1v) is 9.13. The molecule has 1 saturated heterocycles. The highest BCUT2D eigenvalue weighted by molar-refractivity contribution is 5.75. The number of carbonyl (C=O) groups is 1. The lowest BCUT2D eigenvalue weighted by Crippen LogP contribution is -2.44. The van der Waals surface area contributed by atoms with Crippen LogP contribution in [0.4, 0.5) is 4.79 Å². The smallest absolute Gasteiger partial charge is 0.318 e. The average Bonchev–Trinajstić information content (AvgIpc) is 3.32. The Morgan fingerprint density at radius 1 is 1.35 bits per heavy atom. The van der Waals surface area contributed by atoms with Crippen LogP contribution in [0.15, 0.2) is 36.9 Å². The quantitative estimate of drug-likeness (QED) is 0.914. The van der Waals surface area contributed by atoms with Crippen LogP contribution in [-0.4, -0.2) is 46.3 Å². The number of benzene rings is 1. The van der Waals surface area contributed by atoms with Gasteiger partial charge in [-0.3, -0.25) is 0 Å². The highest BCUT2D eigenvalue weighted by Crippen LogP contribution is 2.38. The molecule has 2 atom stereocenters. The molecular formula is C19H24N4O3. The molecule has 1 aromatic heterocycles. The fourth-order valence-electron chi connectivity index (χ4n) is 3.67. The zero-order valence-corrected chi connectivity index (χ0v) is 14.9. The molecule has 0 bridgehead atoms. The van der Waals surface area contributed by atoms with Gasteiger partial charge in [0.05, 0.1) is 12.4 Å². The molecule has 4 rings (SSSR count). The van der Waals surface area contributed by atoms with Crippen LogP contribution in [0.3, 0.4) is 0 Å². The van der Waals surface area contributed by atoms with Gasteiger partial charge in [0.25, 0.3) is 0 Å². The van der Waals surface area contributed by atoms with Gasteiger partial charge in [0.2, 0.25) is 0 Å². The first kappa shape index (κ1) is 16.8. The molecule has 2 aliphatic heterocycles. The Morgan fingerprint density at radius 2 is 2.19 bits per heavy atom. The Bertz CT molecular complexity index is 762. The van der Waals surface area contributed by atoms with Crippen molar-refractivity contribution in [3.05, 3.63) is 42.5 Å². The Kier molecular flexibility index (Phi) is 4.69. The van der Waals surface area contributed by atoms with Crippen molar-refractivity contribution in [2.24, 2.45) is 0 Å². The number of likely N-dealkylation sites (tertiary alicyclic amines) is 1. The molecule has 2 aliphatic rings. The third kappa shape index (κ3) is 3.47. The molecule has 0 spiro atoms. The average molecular weight is 356 g/mol. The van der Waals surface area contributed by atoms with E-state index in [2.05, 4.69) is 10.3 Å². The second-order valence-corrected chi connectivity index (χ2v) is 6.86. The van der Waals surface area contributed by atoms with Crippen molar-refractivity contribution in [1.29, 1.82) is 0 Å². The van der Waals surface area contributed by atoms with Crippen LogP contribution in [0.2, 0.25) is 0 Å². The molecule has 0 unspecified atom stereocenters. The minimum atomic E-state index is -0.0185. The molecule has 7 heteroatoms. The van der Waals surface area contributed by atoms with E-state index in [4.69, 9.17) is 9.47 Å². The van der Waals surface area contributed by atoms with E-state index < -0.39 is 0 Å². The second-order valence-electron chi connectivity index (χ2n) is 6.86. The number of nitrogens with one attached hydrogen (secondary N) is 1. The van der Waals surface area contributed by atoms with Crippen molar-refractivity contribution in [3.63, 3.8) is 0 Å². The van der Waals surface area contributed by atoms with Gasteiger partial charge in [0.15, 0.2) is 11.5 Å². The van der Waals surface area contributed by atoms with Crippen LogP contribution < -0.4 is 14.8 Å². The third-order valence-corrected chi connectivity index (χ3v) is 4.88. The van der Waals surface area contributed by atoms with Gasteiger partial charge in [-0.1, -0.05) is 6.07 Å². The molecule has 0 radical (unpaired) electrons. The molecule has 7 nitrogen and oxygen atoms in total.